The van der Waals surface area contributed by atoms with Crippen LogP contribution in [0.4, 0.5) is 5.69 Å². The van der Waals surface area contributed by atoms with Crippen molar-refractivity contribution in [2.45, 2.75) is 19.4 Å². The molecule has 1 atom stereocenters. The lowest BCUT2D eigenvalue weighted by molar-refractivity contribution is 0.0746. The van der Waals surface area contributed by atoms with Crippen molar-refractivity contribution in [3.05, 3.63) is 27.3 Å². The summed E-state index contributed by atoms with van der Waals surface area (Å²) in [6.45, 7) is 1.85. The van der Waals surface area contributed by atoms with Gasteiger partial charge in [-0.05, 0) is 47.7 Å². The Hall–Kier alpha value is -1.29. The third-order valence-electron chi connectivity index (χ3n) is 2.54. The Bertz CT molecular complexity index is 447. The highest BCUT2D eigenvalue weighted by Crippen LogP contribution is 2.16. The van der Waals surface area contributed by atoms with E-state index in [0.717, 1.165) is 3.57 Å². The number of carbonyl (C=O) groups excluding carboxylic acids is 1. The Morgan fingerprint density at radius 1 is 1.59 bits per heavy atom. The molecule has 1 unspecified atom stereocenters. The second kappa shape index (κ2) is 5.87. The maximum absolute atomic E-state index is 12.1. The fourth-order valence-electron chi connectivity index (χ4n) is 1.41. The van der Waals surface area contributed by atoms with Crippen LogP contribution in [0.2, 0.25) is 0 Å². The minimum Gasteiger partial charge on any atom is -0.399 e. The first-order valence-electron chi connectivity index (χ1n) is 5.16. The zero-order chi connectivity index (χ0) is 13.0. The summed E-state index contributed by atoms with van der Waals surface area (Å²) in [7, 11) is 1.69. The van der Waals surface area contributed by atoms with E-state index in [2.05, 4.69) is 28.7 Å². The summed E-state index contributed by atoms with van der Waals surface area (Å²) in [6, 6.07) is 7.19. The van der Waals surface area contributed by atoms with Crippen LogP contribution in [0.15, 0.2) is 18.2 Å². The lowest BCUT2D eigenvalue weighted by Gasteiger charge is -2.23. The molecule has 2 N–H and O–H groups in total. The van der Waals surface area contributed by atoms with Crippen LogP contribution in [0.5, 0.6) is 0 Å². The van der Waals surface area contributed by atoms with Crippen LogP contribution in [0.3, 0.4) is 0 Å². The van der Waals surface area contributed by atoms with Crippen molar-refractivity contribution >= 4 is 34.2 Å². The van der Waals surface area contributed by atoms with Crippen molar-refractivity contribution in [3.8, 4) is 6.07 Å². The Labute approximate surface area is 115 Å². The predicted molar refractivity (Wildman–Crippen MR) is 75.4 cm³/mol. The number of amides is 1. The number of rotatable bonds is 3. The number of anilines is 1. The monoisotopic (exact) mass is 343 g/mol. The molecule has 0 saturated heterocycles. The minimum absolute atomic E-state index is 0.105. The molecule has 4 nitrogen and oxygen atoms in total. The van der Waals surface area contributed by atoms with E-state index in [1.54, 1.807) is 30.1 Å². The number of nitrogen functional groups attached to an aromatic ring is 1. The molecule has 90 valence electrons. The first-order valence-corrected chi connectivity index (χ1v) is 6.23. The van der Waals surface area contributed by atoms with Crippen molar-refractivity contribution in [1.29, 1.82) is 5.26 Å². The lowest BCUT2D eigenvalue weighted by atomic mass is 10.1. The molecule has 1 amide bonds. The summed E-state index contributed by atoms with van der Waals surface area (Å²) in [6.07, 6.45) is 0.321. The molecule has 0 aliphatic carbocycles. The van der Waals surface area contributed by atoms with Gasteiger partial charge in [0.2, 0.25) is 0 Å². The lowest BCUT2D eigenvalue weighted by Crippen LogP contribution is -2.34. The topological polar surface area (TPSA) is 70.1 Å². The molecule has 1 rings (SSSR count). The molecule has 0 aliphatic heterocycles. The van der Waals surface area contributed by atoms with Crippen molar-refractivity contribution in [3.63, 3.8) is 0 Å². The van der Waals surface area contributed by atoms with E-state index in [0.29, 0.717) is 17.7 Å². The molecule has 0 saturated carbocycles. The first-order chi connectivity index (χ1) is 7.95. The minimum atomic E-state index is -0.113. The molecule has 0 bridgehead atoms. The van der Waals surface area contributed by atoms with Crippen LogP contribution in [0.25, 0.3) is 0 Å². The van der Waals surface area contributed by atoms with E-state index in [-0.39, 0.29) is 11.9 Å². The molecule has 0 aromatic heterocycles. The summed E-state index contributed by atoms with van der Waals surface area (Å²) < 4.78 is 0.923. The molecule has 0 radical (unpaired) electrons. The summed E-state index contributed by atoms with van der Waals surface area (Å²) >= 11 is 2.12. The predicted octanol–water partition coefficient (Wildman–Crippen LogP) is 2.25. The Morgan fingerprint density at radius 3 is 2.76 bits per heavy atom. The van der Waals surface area contributed by atoms with Crippen LogP contribution in [-0.2, 0) is 0 Å². The average Bonchev–Trinajstić information content (AvgIpc) is 2.26. The smallest absolute Gasteiger partial charge is 0.253 e. The van der Waals surface area contributed by atoms with Crippen molar-refractivity contribution in [2.75, 3.05) is 12.8 Å². The van der Waals surface area contributed by atoms with Gasteiger partial charge in [0.1, 0.15) is 0 Å². The maximum atomic E-state index is 12.1. The van der Waals surface area contributed by atoms with Gasteiger partial charge in [0, 0.05) is 27.9 Å². The van der Waals surface area contributed by atoms with Gasteiger partial charge in [-0.3, -0.25) is 4.79 Å². The number of hydrogen-bond acceptors (Lipinski definition) is 3. The molecular weight excluding hydrogens is 329 g/mol. The number of halogens is 1. The van der Waals surface area contributed by atoms with Crippen LogP contribution in [0.1, 0.15) is 23.7 Å². The largest absolute Gasteiger partial charge is 0.399 e. The molecule has 0 heterocycles. The average molecular weight is 343 g/mol. The number of hydrogen-bond donors (Lipinski definition) is 1. The highest BCUT2D eigenvalue weighted by Gasteiger charge is 2.17. The Morgan fingerprint density at radius 2 is 2.24 bits per heavy atom. The summed E-state index contributed by atoms with van der Waals surface area (Å²) in [5.74, 6) is -0.113. The Balaban J connectivity index is 2.93. The van der Waals surface area contributed by atoms with Crippen LogP contribution in [0, 0.1) is 14.9 Å². The van der Waals surface area contributed by atoms with Gasteiger partial charge in [0.25, 0.3) is 5.91 Å². The van der Waals surface area contributed by atoms with Crippen LogP contribution in [-0.4, -0.2) is 23.9 Å². The Kier molecular flexibility index (Phi) is 4.75. The zero-order valence-corrected chi connectivity index (χ0v) is 11.9. The SMILES string of the molecule is CC(CC#N)N(C)C(=O)c1cc(N)cc(I)c1. The third kappa shape index (κ3) is 3.60. The highest BCUT2D eigenvalue weighted by atomic mass is 127. The van der Waals surface area contributed by atoms with E-state index in [9.17, 15) is 4.79 Å². The second-order valence-electron chi connectivity index (χ2n) is 3.90. The maximum Gasteiger partial charge on any atom is 0.253 e. The quantitative estimate of drug-likeness (QED) is 0.676. The van der Waals surface area contributed by atoms with Gasteiger partial charge in [0.05, 0.1) is 12.5 Å². The van der Waals surface area contributed by atoms with E-state index in [1.165, 1.54) is 0 Å². The summed E-state index contributed by atoms with van der Waals surface area (Å²) in [5.41, 5.74) is 6.83. The zero-order valence-electron chi connectivity index (χ0n) is 9.77. The van der Waals surface area contributed by atoms with Gasteiger partial charge in [-0.15, -0.1) is 0 Å². The van der Waals surface area contributed by atoms with Crippen molar-refractivity contribution < 1.29 is 4.79 Å². The van der Waals surface area contributed by atoms with E-state index in [4.69, 9.17) is 11.0 Å². The van der Waals surface area contributed by atoms with Gasteiger partial charge in [-0.2, -0.15) is 5.26 Å². The fraction of sp³-hybridized carbons (Fsp3) is 0.333. The first kappa shape index (κ1) is 13.8. The summed E-state index contributed by atoms with van der Waals surface area (Å²) in [4.78, 5) is 13.7. The number of nitriles is 1. The molecular formula is C12H14IN3O. The molecule has 5 heteroatoms. The number of benzene rings is 1. The van der Waals surface area contributed by atoms with Crippen LogP contribution < -0.4 is 5.73 Å². The molecule has 17 heavy (non-hydrogen) atoms. The van der Waals surface area contributed by atoms with E-state index < -0.39 is 0 Å². The van der Waals surface area contributed by atoms with Gasteiger partial charge >= 0.3 is 0 Å². The summed E-state index contributed by atoms with van der Waals surface area (Å²) in [5, 5.41) is 8.62. The number of carbonyl (C=O) groups is 1. The van der Waals surface area contributed by atoms with Gasteiger partial charge < -0.3 is 10.6 Å². The van der Waals surface area contributed by atoms with E-state index >= 15 is 0 Å². The molecule has 0 spiro atoms. The molecule has 1 aromatic carbocycles. The van der Waals surface area contributed by atoms with Gasteiger partial charge in [-0.25, -0.2) is 0 Å². The highest BCUT2D eigenvalue weighted by molar-refractivity contribution is 14.1. The van der Waals surface area contributed by atoms with Gasteiger partial charge in [-0.1, -0.05) is 0 Å². The molecule has 1 aromatic rings. The van der Waals surface area contributed by atoms with Crippen molar-refractivity contribution in [2.24, 2.45) is 0 Å². The van der Waals surface area contributed by atoms with Crippen LogP contribution >= 0.6 is 22.6 Å². The normalized spacial score (nSPS) is 11.6. The van der Waals surface area contributed by atoms with Crippen molar-refractivity contribution in [1.82, 2.24) is 4.90 Å². The van der Waals surface area contributed by atoms with E-state index in [1.807, 2.05) is 6.92 Å². The third-order valence-corrected chi connectivity index (χ3v) is 3.16. The molecule has 0 aliphatic rings. The second-order valence-corrected chi connectivity index (χ2v) is 5.15. The fourth-order valence-corrected chi connectivity index (χ4v) is 2.10. The van der Waals surface area contributed by atoms with Gasteiger partial charge in [0.15, 0.2) is 0 Å². The standard InChI is InChI=1S/C12H14IN3O/c1-8(3-4-14)16(2)12(17)9-5-10(13)7-11(15)6-9/h5-8H,3,15H2,1-2H3. The molecule has 0 fully saturated rings. The number of nitrogens with two attached hydrogens (primary N) is 1. The number of nitrogens with zero attached hydrogens (tertiary/aromatic N) is 2.